The SMILES string of the molecule is CC1CCC(O)(CNC(=O)c2c[nH]c(=O)[nH]2)CC1. The third-order valence-electron chi connectivity index (χ3n) is 3.62. The Labute approximate surface area is 105 Å². The molecule has 0 radical (unpaired) electrons. The van der Waals surface area contributed by atoms with Crippen LogP contribution in [0, 0.1) is 5.92 Å². The molecule has 1 fully saturated rings. The van der Waals surface area contributed by atoms with Crippen molar-refractivity contribution in [1.82, 2.24) is 15.3 Å². The molecule has 0 saturated heterocycles. The predicted molar refractivity (Wildman–Crippen MR) is 66.3 cm³/mol. The van der Waals surface area contributed by atoms with Gasteiger partial charge in [0.1, 0.15) is 5.69 Å². The van der Waals surface area contributed by atoms with Crippen molar-refractivity contribution in [3.05, 3.63) is 22.4 Å². The molecule has 0 spiro atoms. The van der Waals surface area contributed by atoms with E-state index in [2.05, 4.69) is 22.2 Å². The van der Waals surface area contributed by atoms with E-state index in [9.17, 15) is 14.7 Å². The van der Waals surface area contributed by atoms with Crippen molar-refractivity contribution in [2.75, 3.05) is 6.54 Å². The van der Waals surface area contributed by atoms with Crippen LogP contribution in [-0.4, -0.2) is 33.1 Å². The number of hydrogen-bond acceptors (Lipinski definition) is 3. The van der Waals surface area contributed by atoms with E-state index in [1.165, 1.54) is 6.20 Å². The molecule has 1 aliphatic rings. The molecule has 0 unspecified atom stereocenters. The van der Waals surface area contributed by atoms with Crippen LogP contribution in [0.3, 0.4) is 0 Å². The smallest absolute Gasteiger partial charge is 0.323 e. The summed E-state index contributed by atoms with van der Waals surface area (Å²) in [4.78, 5) is 27.3. The second-order valence-electron chi connectivity index (χ2n) is 5.25. The predicted octanol–water partition coefficient (Wildman–Crippen LogP) is 0.374. The number of aliphatic hydroxyl groups is 1. The molecule has 6 heteroatoms. The van der Waals surface area contributed by atoms with Gasteiger partial charge >= 0.3 is 5.69 Å². The van der Waals surface area contributed by atoms with Gasteiger partial charge in [0.05, 0.1) is 5.60 Å². The summed E-state index contributed by atoms with van der Waals surface area (Å²) in [6, 6.07) is 0. The van der Waals surface area contributed by atoms with Crippen LogP contribution in [0.4, 0.5) is 0 Å². The molecule has 0 aliphatic heterocycles. The lowest BCUT2D eigenvalue weighted by molar-refractivity contribution is -0.00543. The normalized spacial score (nSPS) is 28.0. The van der Waals surface area contributed by atoms with Gasteiger partial charge in [-0.2, -0.15) is 0 Å². The number of hydrogen-bond donors (Lipinski definition) is 4. The third-order valence-corrected chi connectivity index (χ3v) is 3.62. The van der Waals surface area contributed by atoms with Crippen LogP contribution in [0.1, 0.15) is 43.1 Å². The molecule has 100 valence electrons. The number of imidazole rings is 1. The summed E-state index contributed by atoms with van der Waals surface area (Å²) in [7, 11) is 0. The summed E-state index contributed by atoms with van der Waals surface area (Å²) in [5.74, 6) is 0.266. The molecule has 18 heavy (non-hydrogen) atoms. The third kappa shape index (κ3) is 3.01. The first-order valence-electron chi connectivity index (χ1n) is 6.27. The number of aromatic amines is 2. The second-order valence-corrected chi connectivity index (χ2v) is 5.25. The molecule has 1 heterocycles. The molecular formula is C12H19N3O3. The van der Waals surface area contributed by atoms with Gasteiger partial charge in [-0.1, -0.05) is 6.92 Å². The lowest BCUT2D eigenvalue weighted by Gasteiger charge is -2.34. The molecule has 4 N–H and O–H groups in total. The summed E-state index contributed by atoms with van der Waals surface area (Å²) in [6.07, 6.45) is 4.70. The Bertz CT molecular complexity index is 469. The van der Waals surface area contributed by atoms with Gasteiger partial charge in [0.2, 0.25) is 0 Å². The number of carbonyl (C=O) groups is 1. The Balaban J connectivity index is 1.88. The summed E-state index contributed by atoms with van der Waals surface area (Å²) < 4.78 is 0. The average molecular weight is 253 g/mol. The standard InChI is InChI=1S/C12H19N3O3/c1-8-2-4-12(18,5-3-8)7-14-10(16)9-6-13-11(17)15-9/h6,8,18H,2-5,7H2,1H3,(H,14,16)(H2,13,15,17). The van der Waals surface area contributed by atoms with Crippen molar-refractivity contribution in [3.63, 3.8) is 0 Å². The van der Waals surface area contributed by atoms with Crippen molar-refractivity contribution < 1.29 is 9.90 Å². The molecule has 6 nitrogen and oxygen atoms in total. The van der Waals surface area contributed by atoms with Crippen LogP contribution < -0.4 is 11.0 Å². The van der Waals surface area contributed by atoms with Crippen LogP contribution in [-0.2, 0) is 0 Å². The van der Waals surface area contributed by atoms with Gasteiger partial charge in [-0.3, -0.25) is 4.79 Å². The minimum atomic E-state index is -0.807. The van der Waals surface area contributed by atoms with Gasteiger partial charge in [-0.25, -0.2) is 4.79 Å². The highest BCUT2D eigenvalue weighted by atomic mass is 16.3. The van der Waals surface area contributed by atoms with E-state index in [0.29, 0.717) is 18.8 Å². The average Bonchev–Trinajstić information content (AvgIpc) is 2.77. The van der Waals surface area contributed by atoms with Crippen molar-refractivity contribution >= 4 is 5.91 Å². The van der Waals surface area contributed by atoms with Gasteiger partial charge in [0.25, 0.3) is 5.91 Å². The monoisotopic (exact) mass is 253 g/mol. The first kappa shape index (κ1) is 12.9. The van der Waals surface area contributed by atoms with E-state index in [1.807, 2.05) is 0 Å². The van der Waals surface area contributed by atoms with E-state index < -0.39 is 11.3 Å². The lowest BCUT2D eigenvalue weighted by Crippen LogP contribution is -2.45. The maximum atomic E-state index is 11.7. The second kappa shape index (κ2) is 4.97. The molecule has 0 bridgehead atoms. The van der Waals surface area contributed by atoms with Gasteiger partial charge < -0.3 is 20.4 Å². The van der Waals surface area contributed by atoms with Crippen molar-refractivity contribution in [2.24, 2.45) is 5.92 Å². The van der Waals surface area contributed by atoms with E-state index in [-0.39, 0.29) is 18.1 Å². The number of H-pyrrole nitrogens is 2. The fourth-order valence-corrected chi connectivity index (χ4v) is 2.27. The van der Waals surface area contributed by atoms with Gasteiger partial charge in [0, 0.05) is 12.7 Å². The zero-order chi connectivity index (χ0) is 13.2. The van der Waals surface area contributed by atoms with Crippen molar-refractivity contribution in [1.29, 1.82) is 0 Å². The molecular weight excluding hydrogens is 234 g/mol. The molecule has 1 aromatic rings. The zero-order valence-corrected chi connectivity index (χ0v) is 10.5. The first-order valence-corrected chi connectivity index (χ1v) is 6.27. The van der Waals surface area contributed by atoms with E-state index >= 15 is 0 Å². The van der Waals surface area contributed by atoms with Crippen LogP contribution in [0.25, 0.3) is 0 Å². The minimum Gasteiger partial charge on any atom is -0.388 e. The number of aromatic nitrogens is 2. The maximum Gasteiger partial charge on any atom is 0.323 e. The minimum absolute atomic E-state index is 0.188. The zero-order valence-electron chi connectivity index (χ0n) is 10.5. The molecule has 0 atom stereocenters. The fourth-order valence-electron chi connectivity index (χ4n) is 2.27. The summed E-state index contributed by atoms with van der Waals surface area (Å²) in [5.41, 5.74) is -1.03. The van der Waals surface area contributed by atoms with Crippen molar-refractivity contribution in [3.8, 4) is 0 Å². The molecule has 1 amide bonds. The highest BCUT2D eigenvalue weighted by Crippen LogP contribution is 2.31. The quantitative estimate of drug-likeness (QED) is 0.626. The molecule has 0 aromatic carbocycles. The highest BCUT2D eigenvalue weighted by Gasteiger charge is 2.32. The molecule has 1 saturated carbocycles. The lowest BCUT2D eigenvalue weighted by atomic mass is 9.79. The fraction of sp³-hybridized carbons (Fsp3) is 0.667. The van der Waals surface area contributed by atoms with Crippen LogP contribution in [0.5, 0.6) is 0 Å². The van der Waals surface area contributed by atoms with Crippen LogP contribution in [0.2, 0.25) is 0 Å². The van der Waals surface area contributed by atoms with Crippen molar-refractivity contribution in [2.45, 2.75) is 38.2 Å². The topological polar surface area (TPSA) is 98.0 Å². The van der Waals surface area contributed by atoms with E-state index in [1.54, 1.807) is 0 Å². The molecule has 1 aromatic heterocycles. The van der Waals surface area contributed by atoms with Gasteiger partial charge in [-0.15, -0.1) is 0 Å². The first-order chi connectivity index (χ1) is 8.48. The number of carbonyl (C=O) groups excluding carboxylic acids is 1. The summed E-state index contributed by atoms with van der Waals surface area (Å²) in [6.45, 7) is 2.40. The Kier molecular flexibility index (Phi) is 3.56. The van der Waals surface area contributed by atoms with E-state index in [4.69, 9.17) is 0 Å². The van der Waals surface area contributed by atoms with Crippen LogP contribution in [0.15, 0.2) is 11.0 Å². The number of rotatable bonds is 3. The Morgan fingerprint density at radius 1 is 1.56 bits per heavy atom. The Hall–Kier alpha value is -1.56. The summed E-state index contributed by atoms with van der Waals surface area (Å²) in [5, 5.41) is 13.0. The maximum absolute atomic E-state index is 11.7. The highest BCUT2D eigenvalue weighted by molar-refractivity contribution is 5.91. The molecule has 2 rings (SSSR count). The molecule has 1 aliphatic carbocycles. The number of nitrogens with one attached hydrogen (secondary N) is 3. The van der Waals surface area contributed by atoms with Gasteiger partial charge in [0.15, 0.2) is 0 Å². The van der Waals surface area contributed by atoms with Gasteiger partial charge in [-0.05, 0) is 31.6 Å². The van der Waals surface area contributed by atoms with E-state index in [0.717, 1.165) is 12.8 Å². The van der Waals surface area contributed by atoms with Crippen LogP contribution >= 0.6 is 0 Å². The number of amides is 1. The summed E-state index contributed by atoms with van der Waals surface area (Å²) >= 11 is 0. The largest absolute Gasteiger partial charge is 0.388 e. The Morgan fingerprint density at radius 2 is 2.22 bits per heavy atom. The Morgan fingerprint density at radius 3 is 2.78 bits per heavy atom.